The van der Waals surface area contributed by atoms with Gasteiger partial charge in [-0.25, -0.2) is 0 Å². The van der Waals surface area contributed by atoms with Crippen molar-refractivity contribution in [2.24, 2.45) is 0 Å². The van der Waals surface area contributed by atoms with Crippen molar-refractivity contribution >= 4 is 57.6 Å². The molecule has 1 aliphatic rings. The molecular weight excluding hydrogens is 408 g/mol. The summed E-state index contributed by atoms with van der Waals surface area (Å²) in [7, 11) is 0. The minimum atomic E-state index is -0.0891. The molecule has 4 rings (SSSR count). The van der Waals surface area contributed by atoms with Gasteiger partial charge in [0.1, 0.15) is 0 Å². The molecule has 1 fully saturated rings. The second-order valence-electron chi connectivity index (χ2n) is 6.49. The number of amides is 1. The zero-order valence-corrected chi connectivity index (χ0v) is 17.7. The van der Waals surface area contributed by atoms with Crippen molar-refractivity contribution in [1.29, 1.82) is 0 Å². The van der Waals surface area contributed by atoms with Gasteiger partial charge in [0.2, 0.25) is 0 Å². The van der Waals surface area contributed by atoms with Gasteiger partial charge in [0.25, 0.3) is 5.91 Å². The molecule has 2 aromatic carbocycles. The summed E-state index contributed by atoms with van der Waals surface area (Å²) in [5.41, 5.74) is 4.90. The number of thiocarbonyl (C=S) groups is 1. The lowest BCUT2D eigenvalue weighted by Gasteiger charge is -2.13. The Bertz CT molecular complexity index is 1120. The van der Waals surface area contributed by atoms with Crippen LogP contribution in [0.4, 0.5) is 5.69 Å². The van der Waals surface area contributed by atoms with Crippen molar-refractivity contribution in [2.45, 2.75) is 13.8 Å². The smallest absolute Gasteiger partial charge is 0.270 e. The molecule has 0 saturated carbocycles. The number of para-hydroxylation sites is 1. The van der Waals surface area contributed by atoms with Crippen LogP contribution in [0.2, 0.25) is 5.02 Å². The molecule has 0 bridgehead atoms. The third kappa shape index (κ3) is 3.41. The average molecular weight is 425 g/mol. The highest BCUT2D eigenvalue weighted by Crippen LogP contribution is 2.36. The predicted octanol–water partition coefficient (Wildman–Crippen LogP) is 6.15. The first-order chi connectivity index (χ1) is 13.5. The number of carbonyl (C=O) groups excluding carboxylic acids is 1. The highest BCUT2D eigenvalue weighted by molar-refractivity contribution is 8.27. The van der Waals surface area contributed by atoms with Crippen LogP contribution in [0.3, 0.4) is 0 Å². The Morgan fingerprint density at radius 1 is 1.00 bits per heavy atom. The molecule has 3 aromatic rings. The lowest BCUT2D eigenvalue weighted by atomic mass is 10.2. The Kier molecular flexibility index (Phi) is 5.15. The molecule has 2 heterocycles. The lowest BCUT2D eigenvalue weighted by molar-refractivity contribution is -0.113. The van der Waals surface area contributed by atoms with E-state index < -0.39 is 0 Å². The second kappa shape index (κ2) is 7.59. The van der Waals surface area contributed by atoms with Gasteiger partial charge in [-0.2, -0.15) is 0 Å². The van der Waals surface area contributed by atoms with Gasteiger partial charge in [0.05, 0.1) is 10.6 Å². The highest BCUT2D eigenvalue weighted by Gasteiger charge is 2.33. The number of rotatable bonds is 3. The van der Waals surface area contributed by atoms with Crippen LogP contribution in [-0.4, -0.2) is 14.8 Å². The van der Waals surface area contributed by atoms with Gasteiger partial charge in [-0.15, -0.1) is 0 Å². The molecule has 28 heavy (non-hydrogen) atoms. The Hall–Kier alpha value is -2.34. The molecule has 1 aromatic heterocycles. The molecule has 0 radical (unpaired) electrons. The quantitative estimate of drug-likeness (QED) is 0.372. The van der Waals surface area contributed by atoms with E-state index in [0.717, 1.165) is 28.3 Å². The highest BCUT2D eigenvalue weighted by atomic mass is 35.5. The molecule has 1 amide bonds. The number of benzene rings is 2. The van der Waals surface area contributed by atoms with Gasteiger partial charge < -0.3 is 4.57 Å². The van der Waals surface area contributed by atoms with Gasteiger partial charge >= 0.3 is 0 Å². The summed E-state index contributed by atoms with van der Waals surface area (Å²) in [4.78, 5) is 15.2. The maximum absolute atomic E-state index is 13.0. The minimum Gasteiger partial charge on any atom is -0.318 e. The maximum Gasteiger partial charge on any atom is 0.270 e. The second-order valence-corrected chi connectivity index (χ2v) is 8.61. The Labute approximate surface area is 178 Å². The number of halogens is 1. The summed E-state index contributed by atoms with van der Waals surface area (Å²) in [5, 5.41) is 0.690. The van der Waals surface area contributed by atoms with E-state index in [1.54, 1.807) is 4.90 Å². The summed E-state index contributed by atoms with van der Waals surface area (Å²) >= 11 is 12.9. The summed E-state index contributed by atoms with van der Waals surface area (Å²) in [5.74, 6) is -0.0891. The summed E-state index contributed by atoms with van der Waals surface area (Å²) < 4.78 is 2.68. The van der Waals surface area contributed by atoms with Crippen molar-refractivity contribution in [3.05, 3.63) is 87.5 Å². The fourth-order valence-corrected chi connectivity index (χ4v) is 4.83. The molecular formula is C22H17ClN2OS2. The van der Waals surface area contributed by atoms with Gasteiger partial charge in [-0.1, -0.05) is 59.8 Å². The first-order valence-electron chi connectivity index (χ1n) is 8.73. The number of thioether (sulfide) groups is 1. The summed E-state index contributed by atoms with van der Waals surface area (Å²) in [6.45, 7) is 4.08. The minimum absolute atomic E-state index is 0.0891. The Morgan fingerprint density at radius 3 is 2.43 bits per heavy atom. The first-order valence-corrected chi connectivity index (χ1v) is 10.3. The van der Waals surface area contributed by atoms with Gasteiger partial charge in [-0.05, 0) is 61.9 Å². The number of hydrogen-bond donors (Lipinski definition) is 0. The van der Waals surface area contributed by atoms with E-state index in [-0.39, 0.29) is 5.91 Å². The van der Waals surface area contributed by atoms with E-state index in [4.69, 9.17) is 23.8 Å². The molecule has 0 aliphatic carbocycles. The van der Waals surface area contributed by atoms with E-state index in [9.17, 15) is 4.79 Å². The fraction of sp³-hybridized carbons (Fsp3) is 0.0909. The maximum atomic E-state index is 13.0. The van der Waals surface area contributed by atoms with Crippen molar-refractivity contribution in [2.75, 3.05) is 4.90 Å². The standard InChI is InChI=1S/C22H17ClN2OS2/c1-14-11-16(15(2)24(14)19-10-6-7-17(23)13-19)12-20-21(26)25(22(27)28-20)18-8-4-3-5-9-18/h3-13H,1-2H3/b20-12+. The Morgan fingerprint density at radius 2 is 1.71 bits per heavy atom. The van der Waals surface area contributed by atoms with E-state index in [0.29, 0.717) is 14.2 Å². The molecule has 0 spiro atoms. The molecule has 1 aliphatic heterocycles. The van der Waals surface area contributed by atoms with Gasteiger partial charge in [0, 0.05) is 22.1 Å². The number of carbonyl (C=O) groups is 1. The molecule has 0 unspecified atom stereocenters. The monoisotopic (exact) mass is 424 g/mol. The lowest BCUT2D eigenvalue weighted by Crippen LogP contribution is -2.27. The van der Waals surface area contributed by atoms with Crippen LogP contribution >= 0.6 is 35.6 Å². The van der Waals surface area contributed by atoms with E-state index in [1.165, 1.54) is 11.8 Å². The average Bonchev–Trinajstić information content (AvgIpc) is 3.11. The summed E-state index contributed by atoms with van der Waals surface area (Å²) in [6, 6.07) is 19.3. The molecule has 0 N–H and O–H groups in total. The van der Waals surface area contributed by atoms with E-state index >= 15 is 0 Å². The topological polar surface area (TPSA) is 25.2 Å². The number of nitrogens with zero attached hydrogens (tertiary/aromatic N) is 2. The fourth-order valence-electron chi connectivity index (χ4n) is 3.35. The number of aromatic nitrogens is 1. The largest absolute Gasteiger partial charge is 0.318 e. The zero-order chi connectivity index (χ0) is 19.8. The molecule has 0 atom stereocenters. The number of anilines is 1. The van der Waals surface area contributed by atoms with Gasteiger partial charge in [-0.3, -0.25) is 9.69 Å². The van der Waals surface area contributed by atoms with Crippen LogP contribution in [-0.2, 0) is 4.79 Å². The molecule has 3 nitrogen and oxygen atoms in total. The van der Waals surface area contributed by atoms with E-state index in [1.807, 2.05) is 74.5 Å². The van der Waals surface area contributed by atoms with Crippen LogP contribution in [0, 0.1) is 13.8 Å². The van der Waals surface area contributed by atoms with Gasteiger partial charge in [0.15, 0.2) is 4.32 Å². The normalized spacial score (nSPS) is 15.7. The first kappa shape index (κ1) is 19.0. The third-order valence-electron chi connectivity index (χ3n) is 4.63. The van der Waals surface area contributed by atoms with Crippen molar-refractivity contribution in [3.63, 3.8) is 0 Å². The summed E-state index contributed by atoms with van der Waals surface area (Å²) in [6.07, 6.45) is 1.92. The molecule has 1 saturated heterocycles. The van der Waals surface area contributed by atoms with Crippen LogP contribution < -0.4 is 4.90 Å². The number of aryl methyl sites for hydroxylation is 1. The van der Waals surface area contributed by atoms with Crippen molar-refractivity contribution in [1.82, 2.24) is 4.57 Å². The van der Waals surface area contributed by atoms with Crippen LogP contribution in [0.5, 0.6) is 0 Å². The van der Waals surface area contributed by atoms with Crippen LogP contribution in [0.15, 0.2) is 65.6 Å². The van der Waals surface area contributed by atoms with Crippen LogP contribution in [0.25, 0.3) is 11.8 Å². The Balaban J connectivity index is 1.72. The third-order valence-corrected chi connectivity index (χ3v) is 6.17. The van der Waals surface area contributed by atoms with Crippen LogP contribution in [0.1, 0.15) is 17.0 Å². The molecule has 140 valence electrons. The van der Waals surface area contributed by atoms with Crippen molar-refractivity contribution in [3.8, 4) is 5.69 Å². The SMILES string of the molecule is Cc1cc(/C=C2/SC(=S)N(c3ccccc3)C2=O)c(C)n1-c1cccc(Cl)c1. The number of hydrogen-bond acceptors (Lipinski definition) is 3. The van der Waals surface area contributed by atoms with E-state index in [2.05, 4.69) is 10.6 Å². The zero-order valence-electron chi connectivity index (χ0n) is 15.3. The van der Waals surface area contributed by atoms with Crippen molar-refractivity contribution < 1.29 is 4.79 Å². The molecule has 6 heteroatoms. The predicted molar refractivity (Wildman–Crippen MR) is 122 cm³/mol.